The molecule has 0 aromatic heterocycles. The molecule has 4 unspecified atom stereocenters. The summed E-state index contributed by atoms with van der Waals surface area (Å²) in [4.78, 5) is 1.37. The number of halogens is 23. The van der Waals surface area contributed by atoms with E-state index in [9.17, 15) is 4.39 Å². The molecule has 0 saturated heterocycles. The Morgan fingerprint density at radius 1 is 0.467 bits per heavy atom. The number of rotatable bonds is 14. The number of unbranched alkanes of at least 4 members (excludes halogenated alkanes) is 5. The molecule has 0 fully saturated rings. The van der Waals surface area contributed by atoms with Gasteiger partial charge in [-0.15, -0.1) is 0 Å². The first-order valence-electron chi connectivity index (χ1n) is 27.3. The molecule has 0 aliphatic heterocycles. The van der Waals surface area contributed by atoms with Gasteiger partial charge in [-0.2, -0.15) is 10.9 Å². The summed E-state index contributed by atoms with van der Waals surface area (Å²) in [6, 6.07) is 14.2. The van der Waals surface area contributed by atoms with Crippen LogP contribution in [0.3, 0.4) is 0 Å². The van der Waals surface area contributed by atoms with Gasteiger partial charge in [-0.25, -0.2) is 96.6 Å². The van der Waals surface area contributed by atoms with Crippen molar-refractivity contribution in [1.82, 2.24) is 0 Å². The van der Waals surface area contributed by atoms with Crippen molar-refractivity contribution in [3.63, 3.8) is 0 Å². The molecule has 0 radical (unpaired) electrons. The van der Waals surface area contributed by atoms with E-state index in [0.717, 1.165) is 18.2 Å². The summed E-state index contributed by atoms with van der Waals surface area (Å²) in [6.07, 6.45) is -6.60. The van der Waals surface area contributed by atoms with Gasteiger partial charge in [0.05, 0.1) is 46.6 Å². The van der Waals surface area contributed by atoms with Gasteiger partial charge in [0.2, 0.25) is 5.82 Å². The predicted molar refractivity (Wildman–Crippen MR) is 294 cm³/mol. The third-order valence-corrected chi connectivity index (χ3v) is 19.3. The predicted octanol–water partition coefficient (Wildman–Crippen LogP) is 17.0. The van der Waals surface area contributed by atoms with Crippen molar-refractivity contribution in [2.45, 2.75) is 56.8 Å². The van der Waals surface area contributed by atoms with Crippen LogP contribution in [0.2, 0.25) is 0 Å². The van der Waals surface area contributed by atoms with Gasteiger partial charge >= 0.3 is 0 Å². The average molecular weight is 1300 g/mol. The van der Waals surface area contributed by atoms with Crippen molar-refractivity contribution in [1.29, 1.82) is 0 Å². The second kappa shape index (κ2) is 24.4. The van der Waals surface area contributed by atoms with Crippen LogP contribution < -0.4 is 26.4 Å². The lowest BCUT2D eigenvalue weighted by Gasteiger charge is -2.55. The molecule has 0 bridgehead atoms. The molecule has 9 aromatic carbocycles. The number of hydrogen-bond donors (Lipinski definition) is 1. The molecular weight excluding hydrogens is 1260 g/mol. The van der Waals surface area contributed by atoms with Crippen molar-refractivity contribution >= 4 is 68.7 Å². The first-order valence-corrected chi connectivity index (χ1v) is 28.8. The highest BCUT2D eigenvalue weighted by molar-refractivity contribution is 7.73. The highest BCUT2D eigenvalue weighted by atomic mass is 31.1. The fourth-order valence-corrected chi connectivity index (χ4v) is 15.4. The van der Waals surface area contributed by atoms with Crippen LogP contribution in [0, 0.1) is 116 Å². The molecular formula is C64H40BF23NP. The van der Waals surface area contributed by atoms with Crippen LogP contribution in [-0.2, 0) is 5.57 Å². The van der Waals surface area contributed by atoms with E-state index in [1.807, 2.05) is 6.07 Å². The number of para-hydroxylation sites is 1. The van der Waals surface area contributed by atoms with E-state index >= 15 is 96.6 Å². The minimum atomic E-state index is -6.70. The highest BCUT2D eigenvalue weighted by Gasteiger charge is 2.67. The van der Waals surface area contributed by atoms with E-state index in [0.29, 0.717) is 43.5 Å². The second-order valence-corrected chi connectivity index (χ2v) is 23.9. The molecule has 2 aliphatic rings. The molecule has 4 atom stereocenters. The summed E-state index contributed by atoms with van der Waals surface area (Å²) in [7, 11) is 0.201. The molecule has 11 rings (SSSR count). The largest absolute Gasteiger partial charge is 0.307 e. The molecule has 470 valence electrons. The van der Waals surface area contributed by atoms with Crippen LogP contribution in [0.25, 0.3) is 38.5 Å². The zero-order valence-corrected chi connectivity index (χ0v) is 47.3. The Morgan fingerprint density at radius 3 is 1.66 bits per heavy atom. The number of allylic oxidation sites excluding steroid dienone is 1. The number of alkyl halides is 1. The van der Waals surface area contributed by atoms with Crippen molar-refractivity contribution in [3.8, 4) is 11.1 Å². The van der Waals surface area contributed by atoms with Crippen molar-refractivity contribution in [3.05, 3.63) is 235 Å². The SMILES string of the molecule is CCCCCCCCP(c1c(F)c(F)c(F)c(F)c1F)c1c(F)c(F)c2c(c1F)C(F)=C(F)C2(F)[B-](c1cc(F)cc(F)c1F)(c1c(F)c(F)c(F)c2c(F)c3c(F)cccc3cc12)C1c2ccccc2-c2c(F)c(F)c(F)c(F)c21.C[NH+](C)c1ccccc1. The van der Waals surface area contributed by atoms with E-state index < -0.39 is 255 Å². The quantitative estimate of drug-likeness (QED) is 0.0211. The normalized spacial score (nSPS) is 16.2. The summed E-state index contributed by atoms with van der Waals surface area (Å²) < 4.78 is 386. The minimum Gasteiger partial charge on any atom is -0.307 e. The van der Waals surface area contributed by atoms with Crippen molar-refractivity contribution in [2.75, 3.05) is 20.3 Å². The van der Waals surface area contributed by atoms with E-state index in [4.69, 9.17) is 0 Å². The molecule has 0 spiro atoms. The Hall–Kier alpha value is -7.92. The van der Waals surface area contributed by atoms with Crippen LogP contribution in [0.1, 0.15) is 73.5 Å². The van der Waals surface area contributed by atoms with Crippen molar-refractivity contribution in [2.24, 2.45) is 0 Å². The average Bonchev–Trinajstić information content (AvgIpc) is 1.36. The van der Waals surface area contributed by atoms with Gasteiger partial charge in [-0.05, 0) is 66.7 Å². The second-order valence-electron chi connectivity index (χ2n) is 21.7. The third kappa shape index (κ3) is 9.63. The van der Waals surface area contributed by atoms with Crippen LogP contribution in [0.5, 0.6) is 0 Å². The van der Waals surface area contributed by atoms with Crippen LogP contribution in [0.15, 0.2) is 96.8 Å². The summed E-state index contributed by atoms with van der Waals surface area (Å²) in [5, 5.41) is -10.7. The van der Waals surface area contributed by atoms with E-state index in [1.165, 1.54) is 10.6 Å². The first-order chi connectivity index (χ1) is 42.6. The van der Waals surface area contributed by atoms with E-state index in [-0.39, 0.29) is 18.9 Å². The zero-order valence-electron chi connectivity index (χ0n) is 46.4. The molecule has 0 heterocycles. The monoisotopic (exact) mass is 1300 g/mol. The Balaban J connectivity index is 0.000000910. The summed E-state index contributed by atoms with van der Waals surface area (Å²) in [5.74, 6) is -65.9. The lowest BCUT2D eigenvalue weighted by atomic mass is 9.05. The molecule has 0 amide bonds. The number of nitrogens with one attached hydrogen (secondary N) is 1. The number of benzene rings is 9. The Labute approximate surface area is 496 Å². The van der Waals surface area contributed by atoms with E-state index in [1.54, 1.807) is 6.92 Å². The highest BCUT2D eigenvalue weighted by Crippen LogP contribution is 2.64. The van der Waals surface area contributed by atoms with Crippen molar-refractivity contribution < 1.29 is 106 Å². The van der Waals surface area contributed by atoms with Gasteiger partial charge in [0.1, 0.15) is 52.6 Å². The Bertz CT molecular complexity index is 4450. The Morgan fingerprint density at radius 2 is 1.02 bits per heavy atom. The molecule has 26 heteroatoms. The van der Waals surface area contributed by atoms with Crippen LogP contribution in [0.4, 0.5) is 107 Å². The number of fused-ring (bicyclic) bond motifs is 6. The molecule has 9 aromatic rings. The van der Waals surface area contributed by atoms with Crippen LogP contribution in [-0.4, -0.2) is 26.4 Å². The fourth-order valence-electron chi connectivity index (χ4n) is 12.8. The zero-order chi connectivity index (χ0) is 65.7. The lowest BCUT2D eigenvalue weighted by Crippen LogP contribution is -3.00. The topological polar surface area (TPSA) is 4.44 Å². The molecule has 1 N–H and O–H groups in total. The number of quaternary nitrogens is 1. The summed E-state index contributed by atoms with van der Waals surface area (Å²) in [6.45, 7) is 1.77. The smallest absolute Gasteiger partial charge is 0.200 e. The molecule has 2 aliphatic carbocycles. The van der Waals surface area contributed by atoms with Gasteiger partial charge in [-0.1, -0.05) is 111 Å². The van der Waals surface area contributed by atoms with Gasteiger partial charge in [0.25, 0.3) is 0 Å². The lowest BCUT2D eigenvalue weighted by molar-refractivity contribution is -0.786. The van der Waals surface area contributed by atoms with E-state index in [2.05, 4.69) is 38.4 Å². The number of hydrogen-bond acceptors (Lipinski definition) is 0. The molecule has 1 nitrogen and oxygen atoms in total. The maximum Gasteiger partial charge on any atom is 0.200 e. The molecule has 0 saturated carbocycles. The third-order valence-electron chi connectivity index (χ3n) is 16.7. The van der Waals surface area contributed by atoms with Crippen LogP contribution >= 0.6 is 7.92 Å². The summed E-state index contributed by atoms with van der Waals surface area (Å²) >= 11 is 0. The minimum absolute atomic E-state index is 0.0789. The Kier molecular flexibility index (Phi) is 17.6. The standard InChI is InChI=1S/C56H28BF23P.C8H11N/c1-2-3-4-5-6-9-15-81(54-51(77)48(74)47(73)49(75)52(54)78)53-40(66)31-32(42(68)50(53)76)56(80,55(79)41(31)67)57(24-17-20(58)18-26(60)35(24)61,33-22-13-8-7-12-21(22)28-30(33)39(65)46(72)45(71)37(28)63)34-23-16-19-11-10-14-25(59)27(19)36(62)29(23)38(64)44(70)43(34)69;1-9(2)8-6-4-3-5-7-8/h7-8,10-14,16-18,33H,2-6,9,15H2,1H3;3-7H,1-2H3/q-1;/p+1. The summed E-state index contributed by atoms with van der Waals surface area (Å²) in [5.41, 5.74) is -21.6. The fraction of sp³-hybridized carbons (Fsp3) is 0.188. The first kappa shape index (κ1) is 65.1. The van der Waals surface area contributed by atoms with Gasteiger partial charge in [0, 0.05) is 17.2 Å². The maximum absolute atomic E-state index is 20.7. The van der Waals surface area contributed by atoms with Gasteiger partial charge in [0.15, 0.2) is 81.5 Å². The molecule has 90 heavy (non-hydrogen) atoms. The van der Waals surface area contributed by atoms with Gasteiger partial charge in [-0.3, -0.25) is 4.39 Å². The maximum atomic E-state index is 20.7. The van der Waals surface area contributed by atoms with Gasteiger partial charge < -0.3 is 4.90 Å².